The molecule has 1 heterocycles. The number of hydrogen-bond acceptors (Lipinski definition) is 2. The molecule has 1 aromatic rings. The zero-order chi connectivity index (χ0) is 14.0. The molecule has 0 bridgehead atoms. The molecule has 2 rings (SSSR count). The van der Waals surface area contributed by atoms with E-state index in [1.807, 2.05) is 6.20 Å². The highest BCUT2D eigenvalue weighted by Crippen LogP contribution is 2.43. The first-order valence-electron chi connectivity index (χ1n) is 7.69. The number of nitrogens with zero attached hydrogens (tertiary/aromatic N) is 2. The fourth-order valence-electron chi connectivity index (χ4n) is 3.29. The Morgan fingerprint density at radius 3 is 2.74 bits per heavy atom. The van der Waals surface area contributed by atoms with Crippen LogP contribution in [0.1, 0.15) is 64.9 Å². The van der Waals surface area contributed by atoms with Crippen LogP contribution in [0, 0.1) is 11.3 Å². The molecular formula is C16H29N3. The van der Waals surface area contributed by atoms with E-state index >= 15 is 0 Å². The van der Waals surface area contributed by atoms with Crippen LogP contribution in [-0.4, -0.2) is 15.8 Å². The number of aryl methyl sites for hydroxylation is 1. The molecule has 1 fully saturated rings. The van der Waals surface area contributed by atoms with Crippen LogP contribution in [-0.2, 0) is 6.54 Å². The maximum absolute atomic E-state index is 6.36. The van der Waals surface area contributed by atoms with E-state index in [1.165, 1.54) is 18.4 Å². The lowest BCUT2D eigenvalue weighted by atomic mass is 9.66. The molecule has 0 spiro atoms. The molecule has 1 saturated carbocycles. The van der Waals surface area contributed by atoms with Crippen molar-refractivity contribution in [3.05, 3.63) is 18.0 Å². The average molecular weight is 263 g/mol. The second-order valence-electron chi connectivity index (χ2n) is 7.18. The van der Waals surface area contributed by atoms with Crippen LogP contribution in [0.25, 0.3) is 0 Å². The Bertz CT molecular complexity index is 402. The zero-order valence-electron chi connectivity index (χ0n) is 12.9. The SMILES string of the molecule is CCCn1cc(C2CC(C(C)(C)C)CCC2N)cn1. The van der Waals surface area contributed by atoms with E-state index in [4.69, 9.17) is 5.73 Å². The van der Waals surface area contributed by atoms with E-state index in [0.717, 1.165) is 25.3 Å². The minimum atomic E-state index is 0.304. The molecule has 3 unspecified atom stereocenters. The van der Waals surface area contributed by atoms with Crippen molar-refractivity contribution in [2.24, 2.45) is 17.1 Å². The summed E-state index contributed by atoms with van der Waals surface area (Å²) in [5, 5.41) is 4.46. The van der Waals surface area contributed by atoms with Crippen molar-refractivity contribution >= 4 is 0 Å². The Kier molecular flexibility index (Phi) is 4.34. The summed E-state index contributed by atoms with van der Waals surface area (Å²) in [4.78, 5) is 0. The summed E-state index contributed by atoms with van der Waals surface area (Å²) in [5.74, 6) is 1.26. The summed E-state index contributed by atoms with van der Waals surface area (Å²) >= 11 is 0. The molecule has 2 N–H and O–H groups in total. The van der Waals surface area contributed by atoms with Crippen molar-refractivity contribution in [3.8, 4) is 0 Å². The molecule has 1 aliphatic rings. The third-order valence-corrected chi connectivity index (χ3v) is 4.66. The molecule has 3 heteroatoms. The van der Waals surface area contributed by atoms with E-state index in [-0.39, 0.29) is 0 Å². The number of nitrogens with two attached hydrogens (primary N) is 1. The first kappa shape index (κ1) is 14.6. The van der Waals surface area contributed by atoms with Gasteiger partial charge < -0.3 is 5.73 Å². The van der Waals surface area contributed by atoms with Gasteiger partial charge in [0.15, 0.2) is 0 Å². The topological polar surface area (TPSA) is 43.8 Å². The third kappa shape index (κ3) is 3.38. The van der Waals surface area contributed by atoms with Gasteiger partial charge in [0, 0.05) is 24.7 Å². The van der Waals surface area contributed by atoms with Gasteiger partial charge in [-0.3, -0.25) is 4.68 Å². The van der Waals surface area contributed by atoms with Crippen LogP contribution in [0.5, 0.6) is 0 Å². The van der Waals surface area contributed by atoms with Crippen molar-refractivity contribution in [2.75, 3.05) is 0 Å². The van der Waals surface area contributed by atoms with E-state index < -0.39 is 0 Å². The smallest absolute Gasteiger partial charge is 0.0525 e. The van der Waals surface area contributed by atoms with Gasteiger partial charge >= 0.3 is 0 Å². The first-order valence-corrected chi connectivity index (χ1v) is 7.69. The molecule has 1 aliphatic carbocycles. The van der Waals surface area contributed by atoms with Gasteiger partial charge in [-0.1, -0.05) is 27.7 Å². The Morgan fingerprint density at radius 2 is 2.11 bits per heavy atom. The highest BCUT2D eigenvalue weighted by Gasteiger charge is 2.35. The molecule has 0 amide bonds. The maximum atomic E-state index is 6.36. The summed E-state index contributed by atoms with van der Waals surface area (Å²) in [5.41, 5.74) is 8.09. The van der Waals surface area contributed by atoms with Gasteiger partial charge in [0.05, 0.1) is 6.20 Å². The molecule has 108 valence electrons. The average Bonchev–Trinajstić information content (AvgIpc) is 2.77. The predicted molar refractivity (Wildman–Crippen MR) is 80.0 cm³/mol. The van der Waals surface area contributed by atoms with Crippen molar-refractivity contribution in [3.63, 3.8) is 0 Å². The molecular weight excluding hydrogens is 234 g/mol. The lowest BCUT2D eigenvalue weighted by Gasteiger charge is -2.40. The normalized spacial score (nSPS) is 28.6. The minimum Gasteiger partial charge on any atom is -0.327 e. The van der Waals surface area contributed by atoms with Gasteiger partial charge in [-0.05, 0) is 42.6 Å². The fourth-order valence-corrected chi connectivity index (χ4v) is 3.29. The monoisotopic (exact) mass is 263 g/mol. The highest BCUT2D eigenvalue weighted by atomic mass is 15.3. The van der Waals surface area contributed by atoms with E-state index in [1.54, 1.807) is 0 Å². The lowest BCUT2D eigenvalue weighted by molar-refractivity contribution is 0.154. The molecule has 0 radical (unpaired) electrons. The van der Waals surface area contributed by atoms with Crippen molar-refractivity contribution in [1.29, 1.82) is 0 Å². The van der Waals surface area contributed by atoms with Crippen LogP contribution in [0.15, 0.2) is 12.4 Å². The second-order valence-corrected chi connectivity index (χ2v) is 7.18. The highest BCUT2D eigenvalue weighted by molar-refractivity contribution is 5.16. The van der Waals surface area contributed by atoms with Gasteiger partial charge in [-0.2, -0.15) is 5.10 Å². The van der Waals surface area contributed by atoms with Gasteiger partial charge in [-0.25, -0.2) is 0 Å². The standard InChI is InChI=1S/C16H29N3/c1-5-8-19-11-12(10-18-19)14-9-13(16(2,3)4)6-7-15(14)17/h10-11,13-15H,5-9,17H2,1-4H3. The molecule has 19 heavy (non-hydrogen) atoms. The molecule has 0 saturated heterocycles. The number of hydrogen-bond donors (Lipinski definition) is 1. The van der Waals surface area contributed by atoms with Crippen LogP contribution >= 0.6 is 0 Å². The zero-order valence-corrected chi connectivity index (χ0v) is 12.9. The van der Waals surface area contributed by atoms with E-state index in [0.29, 0.717) is 17.4 Å². The van der Waals surface area contributed by atoms with Gasteiger partial charge in [-0.15, -0.1) is 0 Å². The maximum Gasteiger partial charge on any atom is 0.0525 e. The molecule has 3 atom stereocenters. The Labute approximate surface area is 117 Å². The summed E-state index contributed by atoms with van der Waals surface area (Å²) in [6.07, 6.45) is 8.99. The van der Waals surface area contributed by atoms with E-state index in [9.17, 15) is 0 Å². The molecule has 1 aromatic heterocycles. The Balaban J connectivity index is 2.11. The summed E-state index contributed by atoms with van der Waals surface area (Å²) in [7, 11) is 0. The Hall–Kier alpha value is -0.830. The summed E-state index contributed by atoms with van der Waals surface area (Å²) < 4.78 is 2.06. The minimum absolute atomic E-state index is 0.304. The van der Waals surface area contributed by atoms with Crippen LogP contribution in [0.3, 0.4) is 0 Å². The van der Waals surface area contributed by atoms with Crippen LogP contribution in [0.2, 0.25) is 0 Å². The Morgan fingerprint density at radius 1 is 1.37 bits per heavy atom. The number of rotatable bonds is 3. The quantitative estimate of drug-likeness (QED) is 0.906. The lowest BCUT2D eigenvalue weighted by Crippen LogP contribution is -2.38. The summed E-state index contributed by atoms with van der Waals surface area (Å²) in [6, 6.07) is 0.304. The van der Waals surface area contributed by atoms with Crippen LogP contribution < -0.4 is 5.73 Å². The van der Waals surface area contributed by atoms with Gasteiger partial charge in [0.25, 0.3) is 0 Å². The van der Waals surface area contributed by atoms with Gasteiger partial charge in [0.2, 0.25) is 0 Å². The second kappa shape index (κ2) is 5.66. The largest absolute Gasteiger partial charge is 0.327 e. The van der Waals surface area contributed by atoms with E-state index in [2.05, 4.69) is 43.7 Å². The van der Waals surface area contributed by atoms with Crippen molar-refractivity contribution < 1.29 is 0 Å². The molecule has 0 aliphatic heterocycles. The summed E-state index contributed by atoms with van der Waals surface area (Å²) in [6.45, 7) is 10.2. The number of aromatic nitrogens is 2. The first-order chi connectivity index (χ1) is 8.91. The van der Waals surface area contributed by atoms with Crippen molar-refractivity contribution in [2.45, 2.75) is 71.9 Å². The molecule has 3 nitrogen and oxygen atoms in total. The fraction of sp³-hybridized carbons (Fsp3) is 0.812. The van der Waals surface area contributed by atoms with Gasteiger partial charge in [0.1, 0.15) is 0 Å². The van der Waals surface area contributed by atoms with Crippen LogP contribution in [0.4, 0.5) is 0 Å². The molecule has 0 aromatic carbocycles. The van der Waals surface area contributed by atoms with Crippen molar-refractivity contribution in [1.82, 2.24) is 9.78 Å². The third-order valence-electron chi connectivity index (χ3n) is 4.66. The predicted octanol–water partition coefficient (Wildman–Crippen LogP) is 3.55.